The number of nitrogens with zero attached hydrogens (tertiary/aromatic N) is 2. The van der Waals surface area contributed by atoms with E-state index in [1.54, 1.807) is 0 Å². The predicted molar refractivity (Wildman–Crippen MR) is 58.9 cm³/mol. The number of hydrogen-bond donors (Lipinski definition) is 2. The molecule has 2 aliphatic rings. The molecular formula is C10H15N3O5. The number of aliphatic carboxylic acids is 1. The third-order valence-electron chi connectivity index (χ3n) is 3.00. The van der Waals surface area contributed by atoms with Gasteiger partial charge in [-0.15, -0.1) is 0 Å². The van der Waals surface area contributed by atoms with Gasteiger partial charge in [-0.25, -0.2) is 9.59 Å². The minimum absolute atomic E-state index is 0.0513. The van der Waals surface area contributed by atoms with Gasteiger partial charge in [-0.3, -0.25) is 9.69 Å². The van der Waals surface area contributed by atoms with Gasteiger partial charge in [-0.05, 0) is 0 Å². The molecule has 2 heterocycles. The number of carbonyl (C=O) groups is 3. The molecule has 0 aromatic heterocycles. The Morgan fingerprint density at radius 1 is 1.33 bits per heavy atom. The van der Waals surface area contributed by atoms with Gasteiger partial charge >= 0.3 is 12.0 Å². The summed E-state index contributed by atoms with van der Waals surface area (Å²) in [6.45, 7) is 1.44. The van der Waals surface area contributed by atoms with Crippen LogP contribution >= 0.6 is 0 Å². The van der Waals surface area contributed by atoms with Crippen LogP contribution in [0.1, 0.15) is 0 Å². The van der Waals surface area contributed by atoms with E-state index in [-0.39, 0.29) is 19.0 Å². The molecule has 2 aliphatic heterocycles. The van der Waals surface area contributed by atoms with Gasteiger partial charge in [0, 0.05) is 19.6 Å². The van der Waals surface area contributed by atoms with Crippen molar-refractivity contribution in [1.29, 1.82) is 0 Å². The first-order valence-electron chi connectivity index (χ1n) is 5.72. The molecular weight excluding hydrogens is 242 g/mol. The molecule has 0 spiro atoms. The minimum atomic E-state index is -1.11. The molecule has 8 nitrogen and oxygen atoms in total. The smallest absolute Gasteiger partial charge is 0.328 e. The molecule has 1 atom stereocenters. The van der Waals surface area contributed by atoms with Crippen LogP contribution in [-0.4, -0.2) is 78.2 Å². The highest BCUT2D eigenvalue weighted by molar-refractivity contribution is 5.90. The first-order valence-corrected chi connectivity index (χ1v) is 5.72. The van der Waals surface area contributed by atoms with Crippen molar-refractivity contribution < 1.29 is 24.2 Å². The van der Waals surface area contributed by atoms with Gasteiger partial charge in [0.25, 0.3) is 0 Å². The van der Waals surface area contributed by atoms with Crippen LogP contribution in [0, 0.1) is 0 Å². The maximum atomic E-state index is 12.2. The first kappa shape index (κ1) is 12.6. The Kier molecular flexibility index (Phi) is 3.66. The second-order valence-corrected chi connectivity index (χ2v) is 4.17. The quantitative estimate of drug-likeness (QED) is 0.584. The van der Waals surface area contributed by atoms with Crippen LogP contribution in [0.2, 0.25) is 0 Å². The zero-order valence-corrected chi connectivity index (χ0v) is 9.79. The fourth-order valence-electron chi connectivity index (χ4n) is 2.00. The van der Waals surface area contributed by atoms with Gasteiger partial charge in [0.15, 0.2) is 0 Å². The Bertz CT molecular complexity index is 367. The summed E-state index contributed by atoms with van der Waals surface area (Å²) in [5.74, 6) is -1.45. The monoisotopic (exact) mass is 257 g/mol. The summed E-state index contributed by atoms with van der Waals surface area (Å²) in [6.07, 6.45) is 0. The number of carbonyl (C=O) groups excluding carboxylic acids is 2. The molecule has 18 heavy (non-hydrogen) atoms. The summed E-state index contributed by atoms with van der Waals surface area (Å²) in [4.78, 5) is 37.1. The molecule has 0 bridgehead atoms. The van der Waals surface area contributed by atoms with Crippen molar-refractivity contribution in [1.82, 2.24) is 15.1 Å². The number of carboxylic acids is 1. The molecule has 0 saturated carbocycles. The molecule has 100 valence electrons. The van der Waals surface area contributed by atoms with Crippen molar-refractivity contribution in [3.63, 3.8) is 0 Å². The molecule has 0 aromatic rings. The maximum absolute atomic E-state index is 12.2. The fourth-order valence-corrected chi connectivity index (χ4v) is 2.00. The van der Waals surface area contributed by atoms with Crippen molar-refractivity contribution in [3.05, 3.63) is 0 Å². The molecule has 0 aromatic carbocycles. The average Bonchev–Trinajstić information content (AvgIpc) is 2.38. The number of amides is 3. The van der Waals surface area contributed by atoms with E-state index < -0.39 is 18.0 Å². The standard InChI is InChI=1S/C10H15N3O5/c14-8-6-13(7(5-11-8)9(15)16)10(17)12-1-3-18-4-2-12/h7H,1-6H2,(H,11,14)(H,15,16). The summed E-state index contributed by atoms with van der Waals surface area (Å²) in [6, 6.07) is -1.42. The highest BCUT2D eigenvalue weighted by atomic mass is 16.5. The lowest BCUT2D eigenvalue weighted by molar-refractivity contribution is -0.144. The molecule has 3 amide bonds. The summed E-state index contributed by atoms with van der Waals surface area (Å²) in [5.41, 5.74) is 0. The van der Waals surface area contributed by atoms with Gasteiger partial charge in [0.2, 0.25) is 5.91 Å². The maximum Gasteiger partial charge on any atom is 0.328 e. The lowest BCUT2D eigenvalue weighted by Crippen LogP contribution is -2.62. The normalized spacial score (nSPS) is 24.7. The van der Waals surface area contributed by atoms with Gasteiger partial charge in [0.05, 0.1) is 13.2 Å². The number of hydrogen-bond acceptors (Lipinski definition) is 4. The van der Waals surface area contributed by atoms with E-state index in [1.807, 2.05) is 0 Å². The number of nitrogens with one attached hydrogen (secondary N) is 1. The fraction of sp³-hybridized carbons (Fsp3) is 0.700. The van der Waals surface area contributed by atoms with E-state index in [2.05, 4.69) is 5.32 Å². The number of ether oxygens (including phenoxy) is 1. The van der Waals surface area contributed by atoms with Crippen LogP contribution in [0.25, 0.3) is 0 Å². The van der Waals surface area contributed by atoms with Crippen LogP contribution < -0.4 is 5.32 Å². The molecule has 1 unspecified atom stereocenters. The van der Waals surface area contributed by atoms with E-state index in [4.69, 9.17) is 9.84 Å². The van der Waals surface area contributed by atoms with Crippen molar-refractivity contribution in [2.24, 2.45) is 0 Å². The average molecular weight is 257 g/mol. The zero-order valence-electron chi connectivity index (χ0n) is 9.79. The van der Waals surface area contributed by atoms with E-state index in [0.29, 0.717) is 26.3 Å². The number of morpholine rings is 1. The van der Waals surface area contributed by atoms with Gasteiger partial charge in [-0.2, -0.15) is 0 Å². The molecule has 2 N–H and O–H groups in total. The van der Waals surface area contributed by atoms with E-state index >= 15 is 0 Å². The molecule has 0 aliphatic carbocycles. The van der Waals surface area contributed by atoms with Crippen LogP contribution in [0.5, 0.6) is 0 Å². The third-order valence-corrected chi connectivity index (χ3v) is 3.00. The summed E-state index contributed by atoms with van der Waals surface area (Å²) < 4.78 is 5.12. The molecule has 2 rings (SSSR count). The number of urea groups is 1. The van der Waals surface area contributed by atoms with Gasteiger partial charge in [-0.1, -0.05) is 0 Å². The molecule has 0 radical (unpaired) electrons. The second kappa shape index (κ2) is 5.21. The Balaban J connectivity index is 2.08. The Morgan fingerprint density at radius 3 is 2.61 bits per heavy atom. The van der Waals surface area contributed by atoms with Crippen molar-refractivity contribution in [3.8, 4) is 0 Å². The Morgan fingerprint density at radius 2 is 2.00 bits per heavy atom. The topological polar surface area (TPSA) is 99.2 Å². The summed E-state index contributed by atoms with van der Waals surface area (Å²) in [7, 11) is 0. The van der Waals surface area contributed by atoms with Crippen molar-refractivity contribution in [2.45, 2.75) is 6.04 Å². The highest BCUT2D eigenvalue weighted by Crippen LogP contribution is 2.10. The van der Waals surface area contributed by atoms with E-state index in [1.165, 1.54) is 4.90 Å². The Hall–Kier alpha value is -1.83. The van der Waals surface area contributed by atoms with Crippen LogP contribution in [0.4, 0.5) is 4.79 Å². The highest BCUT2D eigenvalue weighted by Gasteiger charge is 2.37. The predicted octanol–water partition coefficient (Wildman–Crippen LogP) is -1.68. The van der Waals surface area contributed by atoms with Crippen LogP contribution in [0.3, 0.4) is 0 Å². The summed E-state index contributed by atoms with van der Waals surface area (Å²) in [5, 5.41) is 11.5. The van der Waals surface area contributed by atoms with Crippen molar-refractivity contribution in [2.75, 3.05) is 39.4 Å². The van der Waals surface area contributed by atoms with Crippen molar-refractivity contribution >= 4 is 17.9 Å². The lowest BCUT2D eigenvalue weighted by Gasteiger charge is -2.37. The Labute approximate surface area is 103 Å². The number of piperazine rings is 1. The van der Waals surface area contributed by atoms with E-state index in [9.17, 15) is 14.4 Å². The van der Waals surface area contributed by atoms with Gasteiger partial charge in [0.1, 0.15) is 12.6 Å². The van der Waals surface area contributed by atoms with Gasteiger partial charge < -0.3 is 20.1 Å². The first-order chi connectivity index (χ1) is 8.59. The molecule has 2 saturated heterocycles. The lowest BCUT2D eigenvalue weighted by atomic mass is 10.2. The molecule has 2 fully saturated rings. The van der Waals surface area contributed by atoms with Crippen LogP contribution in [-0.2, 0) is 14.3 Å². The second-order valence-electron chi connectivity index (χ2n) is 4.17. The largest absolute Gasteiger partial charge is 0.480 e. The minimum Gasteiger partial charge on any atom is -0.480 e. The third kappa shape index (κ3) is 2.53. The summed E-state index contributed by atoms with van der Waals surface area (Å²) >= 11 is 0. The SMILES string of the molecule is O=C1CN(C(=O)N2CCOCC2)C(C(=O)O)CN1. The molecule has 8 heteroatoms. The zero-order chi connectivity index (χ0) is 13.1. The van der Waals surface area contributed by atoms with E-state index in [0.717, 1.165) is 4.90 Å². The number of carboxylic acid groups (broad SMARTS) is 1. The number of rotatable bonds is 1. The van der Waals surface area contributed by atoms with Crippen LogP contribution in [0.15, 0.2) is 0 Å².